The average molecular weight is 301 g/mol. The summed E-state index contributed by atoms with van der Waals surface area (Å²) in [5.74, 6) is 0.589. The first-order valence-electron chi connectivity index (χ1n) is 8.44. The van der Waals surface area contributed by atoms with E-state index in [0.717, 1.165) is 32.1 Å². The third-order valence-corrected chi connectivity index (χ3v) is 5.20. The monoisotopic (exact) mass is 301 g/mol. The number of allylic oxidation sites excluding steroid dienone is 1. The molecule has 0 amide bonds. The Kier molecular flexibility index (Phi) is 4.63. The highest BCUT2D eigenvalue weighted by atomic mass is 14.4. The zero-order chi connectivity index (χ0) is 16.1. The minimum Gasteiger partial charge on any atom is -0.198 e. The number of nitrogens with zero attached hydrogens (tertiary/aromatic N) is 1. The van der Waals surface area contributed by atoms with Gasteiger partial charge in [-0.1, -0.05) is 60.7 Å². The predicted octanol–water partition coefficient (Wildman–Crippen LogP) is 6.10. The molecule has 1 heteroatoms. The maximum atomic E-state index is 9.49. The third kappa shape index (κ3) is 3.37. The molecule has 0 N–H and O–H groups in total. The van der Waals surface area contributed by atoms with Crippen molar-refractivity contribution in [2.45, 2.75) is 38.0 Å². The van der Waals surface area contributed by atoms with Crippen LogP contribution in [-0.2, 0) is 0 Å². The van der Waals surface area contributed by atoms with Gasteiger partial charge < -0.3 is 0 Å². The SMILES string of the molecule is C=CC[C@]1(C#N)CC[C@@H](c2ccc(-c3ccccc3)cc2)CC1. The number of rotatable bonds is 4. The molecule has 0 saturated heterocycles. The Labute approximate surface area is 139 Å². The first kappa shape index (κ1) is 15.6. The van der Waals surface area contributed by atoms with Crippen molar-refractivity contribution in [2.75, 3.05) is 0 Å². The predicted molar refractivity (Wildman–Crippen MR) is 95.9 cm³/mol. The fraction of sp³-hybridized carbons (Fsp3) is 0.318. The largest absolute Gasteiger partial charge is 0.198 e. The second kappa shape index (κ2) is 6.84. The van der Waals surface area contributed by atoms with E-state index in [-0.39, 0.29) is 5.41 Å². The molecule has 0 bridgehead atoms. The molecule has 1 nitrogen and oxygen atoms in total. The second-order valence-corrected chi connectivity index (χ2v) is 6.65. The van der Waals surface area contributed by atoms with Gasteiger partial charge in [-0.05, 0) is 54.7 Å². The highest BCUT2D eigenvalue weighted by Crippen LogP contribution is 2.45. The number of nitriles is 1. The molecule has 116 valence electrons. The molecule has 0 heterocycles. The highest BCUT2D eigenvalue weighted by molar-refractivity contribution is 5.63. The zero-order valence-electron chi connectivity index (χ0n) is 13.5. The summed E-state index contributed by atoms with van der Waals surface area (Å²) >= 11 is 0. The Morgan fingerprint density at radius 2 is 1.61 bits per heavy atom. The summed E-state index contributed by atoms with van der Waals surface area (Å²) in [5, 5.41) is 9.49. The molecule has 0 spiro atoms. The van der Waals surface area contributed by atoms with E-state index < -0.39 is 0 Å². The quantitative estimate of drug-likeness (QED) is 0.626. The van der Waals surface area contributed by atoms with Crippen LogP contribution in [0.5, 0.6) is 0 Å². The van der Waals surface area contributed by atoms with E-state index >= 15 is 0 Å². The van der Waals surface area contributed by atoms with Crippen molar-refractivity contribution >= 4 is 0 Å². The van der Waals surface area contributed by atoms with Gasteiger partial charge in [-0.25, -0.2) is 0 Å². The number of benzene rings is 2. The molecule has 0 aromatic heterocycles. The summed E-state index contributed by atoms with van der Waals surface area (Å²) in [4.78, 5) is 0. The van der Waals surface area contributed by atoms with Crippen LogP contribution in [0.2, 0.25) is 0 Å². The minimum absolute atomic E-state index is 0.164. The molecule has 1 saturated carbocycles. The van der Waals surface area contributed by atoms with E-state index in [2.05, 4.69) is 61.2 Å². The summed E-state index contributed by atoms with van der Waals surface area (Å²) in [7, 11) is 0. The summed E-state index contributed by atoms with van der Waals surface area (Å²) in [6.45, 7) is 3.81. The lowest BCUT2D eigenvalue weighted by molar-refractivity contribution is 0.248. The molecule has 0 atom stereocenters. The Morgan fingerprint density at radius 3 is 2.17 bits per heavy atom. The third-order valence-electron chi connectivity index (χ3n) is 5.20. The van der Waals surface area contributed by atoms with E-state index in [1.165, 1.54) is 16.7 Å². The van der Waals surface area contributed by atoms with Gasteiger partial charge in [0, 0.05) is 0 Å². The van der Waals surface area contributed by atoms with E-state index in [1.54, 1.807) is 0 Å². The topological polar surface area (TPSA) is 23.8 Å². The Morgan fingerprint density at radius 1 is 1.00 bits per heavy atom. The van der Waals surface area contributed by atoms with Gasteiger partial charge in [-0.3, -0.25) is 0 Å². The van der Waals surface area contributed by atoms with Gasteiger partial charge in [0.2, 0.25) is 0 Å². The molecular weight excluding hydrogens is 278 g/mol. The summed E-state index contributed by atoms with van der Waals surface area (Å²) in [6, 6.07) is 22.0. The fourth-order valence-electron chi connectivity index (χ4n) is 3.72. The van der Waals surface area contributed by atoms with Crippen LogP contribution in [0, 0.1) is 16.7 Å². The molecule has 2 aromatic carbocycles. The van der Waals surface area contributed by atoms with Crippen LogP contribution in [-0.4, -0.2) is 0 Å². The van der Waals surface area contributed by atoms with Crippen molar-refractivity contribution in [2.24, 2.45) is 5.41 Å². The van der Waals surface area contributed by atoms with Crippen molar-refractivity contribution in [3.63, 3.8) is 0 Å². The first-order valence-corrected chi connectivity index (χ1v) is 8.44. The van der Waals surface area contributed by atoms with Crippen molar-refractivity contribution in [3.05, 3.63) is 72.8 Å². The van der Waals surface area contributed by atoms with Gasteiger partial charge in [0.15, 0.2) is 0 Å². The smallest absolute Gasteiger partial charge is 0.0693 e. The Balaban J connectivity index is 1.70. The lowest BCUT2D eigenvalue weighted by Crippen LogP contribution is -2.24. The molecule has 3 rings (SSSR count). The lowest BCUT2D eigenvalue weighted by atomic mass is 9.68. The Bertz CT molecular complexity index is 683. The lowest BCUT2D eigenvalue weighted by Gasteiger charge is -2.34. The second-order valence-electron chi connectivity index (χ2n) is 6.65. The van der Waals surface area contributed by atoms with E-state index in [9.17, 15) is 5.26 Å². The molecule has 23 heavy (non-hydrogen) atoms. The highest BCUT2D eigenvalue weighted by Gasteiger charge is 2.34. The van der Waals surface area contributed by atoms with Gasteiger partial charge in [-0.2, -0.15) is 5.26 Å². The molecule has 0 aliphatic heterocycles. The number of hydrogen-bond acceptors (Lipinski definition) is 1. The zero-order valence-corrected chi connectivity index (χ0v) is 13.5. The normalized spacial score (nSPS) is 23.9. The molecule has 1 aliphatic rings. The minimum atomic E-state index is -0.164. The molecular formula is C22H23N. The van der Waals surface area contributed by atoms with E-state index in [4.69, 9.17) is 0 Å². The van der Waals surface area contributed by atoms with Gasteiger partial charge in [-0.15, -0.1) is 6.58 Å². The van der Waals surface area contributed by atoms with Gasteiger partial charge in [0.25, 0.3) is 0 Å². The summed E-state index contributed by atoms with van der Waals surface area (Å²) in [6.07, 6.45) is 6.90. The molecule has 0 unspecified atom stereocenters. The van der Waals surface area contributed by atoms with Crippen molar-refractivity contribution in [1.82, 2.24) is 0 Å². The van der Waals surface area contributed by atoms with Crippen molar-refractivity contribution in [1.29, 1.82) is 5.26 Å². The fourth-order valence-corrected chi connectivity index (χ4v) is 3.72. The Hall–Kier alpha value is -2.33. The van der Waals surface area contributed by atoms with Crippen LogP contribution in [0.4, 0.5) is 0 Å². The molecule has 1 aliphatic carbocycles. The van der Waals surface area contributed by atoms with E-state index in [0.29, 0.717) is 5.92 Å². The van der Waals surface area contributed by atoms with Crippen molar-refractivity contribution < 1.29 is 0 Å². The number of hydrogen-bond donors (Lipinski definition) is 0. The maximum Gasteiger partial charge on any atom is 0.0693 e. The molecule has 2 aromatic rings. The summed E-state index contributed by atoms with van der Waals surface area (Å²) in [5.41, 5.74) is 3.78. The molecule has 1 fully saturated rings. The maximum absolute atomic E-state index is 9.49. The van der Waals surface area contributed by atoms with Crippen LogP contribution < -0.4 is 0 Å². The van der Waals surface area contributed by atoms with Crippen LogP contribution in [0.1, 0.15) is 43.6 Å². The van der Waals surface area contributed by atoms with Crippen molar-refractivity contribution in [3.8, 4) is 17.2 Å². The van der Waals surface area contributed by atoms with Crippen LogP contribution in [0.25, 0.3) is 11.1 Å². The standard InChI is InChI=1S/C22H23N/c1-2-14-22(17-23)15-12-21(13-16-22)20-10-8-19(9-11-20)18-6-4-3-5-7-18/h2-11,21H,1,12-16H2/t21-,22+. The van der Waals surface area contributed by atoms with Gasteiger partial charge >= 0.3 is 0 Å². The van der Waals surface area contributed by atoms with Crippen LogP contribution in [0.3, 0.4) is 0 Å². The van der Waals surface area contributed by atoms with Crippen LogP contribution >= 0.6 is 0 Å². The van der Waals surface area contributed by atoms with Gasteiger partial charge in [0.05, 0.1) is 11.5 Å². The van der Waals surface area contributed by atoms with E-state index in [1.807, 2.05) is 12.1 Å². The average Bonchev–Trinajstić information content (AvgIpc) is 2.63. The van der Waals surface area contributed by atoms with Crippen LogP contribution in [0.15, 0.2) is 67.3 Å². The summed E-state index contributed by atoms with van der Waals surface area (Å²) < 4.78 is 0. The molecule has 0 radical (unpaired) electrons. The first-order chi connectivity index (χ1) is 11.3. The van der Waals surface area contributed by atoms with Gasteiger partial charge in [0.1, 0.15) is 0 Å².